The van der Waals surface area contributed by atoms with Gasteiger partial charge in [-0.25, -0.2) is 0 Å². The van der Waals surface area contributed by atoms with Crippen molar-refractivity contribution in [3.63, 3.8) is 0 Å². The van der Waals surface area contributed by atoms with Crippen LogP contribution in [0.25, 0.3) is 0 Å². The predicted octanol–water partition coefficient (Wildman–Crippen LogP) is 4.33. The third-order valence-electron chi connectivity index (χ3n) is 6.04. The largest absolute Gasteiger partial charge is 0.497 e. The second-order valence-corrected chi connectivity index (χ2v) is 8.23. The third-order valence-corrected chi connectivity index (χ3v) is 6.29. The minimum absolute atomic E-state index is 0.0216. The first-order chi connectivity index (χ1) is 13.6. The minimum Gasteiger partial charge on any atom is -0.497 e. The molecule has 0 N–H and O–H groups in total. The molecule has 2 aliphatic heterocycles. The fraction of sp³-hybridized carbons (Fsp3) is 0.435. The van der Waals surface area contributed by atoms with E-state index in [4.69, 9.17) is 16.3 Å². The van der Waals surface area contributed by atoms with E-state index in [1.54, 1.807) is 7.11 Å². The fourth-order valence-electron chi connectivity index (χ4n) is 4.47. The zero-order valence-electron chi connectivity index (χ0n) is 16.3. The molecule has 148 valence electrons. The molecule has 1 amide bonds. The summed E-state index contributed by atoms with van der Waals surface area (Å²) in [6, 6.07) is 16.2. The molecule has 4 rings (SSSR count). The van der Waals surface area contributed by atoms with Crippen molar-refractivity contribution >= 4 is 17.5 Å². The molecule has 28 heavy (non-hydrogen) atoms. The van der Waals surface area contributed by atoms with Crippen LogP contribution >= 0.6 is 11.6 Å². The highest BCUT2D eigenvalue weighted by Crippen LogP contribution is 2.31. The van der Waals surface area contributed by atoms with E-state index in [1.807, 2.05) is 41.3 Å². The van der Waals surface area contributed by atoms with E-state index in [0.717, 1.165) is 48.8 Å². The molecular weight excluding hydrogens is 372 g/mol. The number of likely N-dealkylation sites (tertiary alicyclic amines) is 2. The summed E-state index contributed by atoms with van der Waals surface area (Å²) in [6.07, 6.45) is 3.23. The second kappa shape index (κ2) is 8.54. The fourth-order valence-corrected chi connectivity index (χ4v) is 4.59. The van der Waals surface area contributed by atoms with Crippen LogP contribution in [0.1, 0.15) is 36.3 Å². The topological polar surface area (TPSA) is 32.8 Å². The normalized spacial score (nSPS) is 23.2. The molecule has 2 aromatic carbocycles. The number of benzene rings is 2. The Kier molecular flexibility index (Phi) is 5.88. The van der Waals surface area contributed by atoms with Crippen molar-refractivity contribution in [2.24, 2.45) is 0 Å². The molecule has 2 unspecified atom stereocenters. The van der Waals surface area contributed by atoms with Gasteiger partial charge in [-0.1, -0.05) is 35.9 Å². The van der Waals surface area contributed by atoms with Gasteiger partial charge in [-0.2, -0.15) is 0 Å². The van der Waals surface area contributed by atoms with Gasteiger partial charge in [0.25, 0.3) is 0 Å². The highest BCUT2D eigenvalue weighted by Gasteiger charge is 2.37. The highest BCUT2D eigenvalue weighted by molar-refractivity contribution is 6.30. The van der Waals surface area contributed by atoms with Crippen LogP contribution in [0.4, 0.5) is 0 Å². The molecule has 0 spiro atoms. The summed E-state index contributed by atoms with van der Waals surface area (Å²) in [7, 11) is 1.69. The predicted molar refractivity (Wildman–Crippen MR) is 112 cm³/mol. The van der Waals surface area contributed by atoms with Gasteiger partial charge in [0, 0.05) is 24.7 Å². The summed E-state index contributed by atoms with van der Waals surface area (Å²) < 4.78 is 5.27. The van der Waals surface area contributed by atoms with Crippen LogP contribution in [0, 0.1) is 0 Å². The van der Waals surface area contributed by atoms with E-state index in [1.165, 1.54) is 12.0 Å². The first-order valence-electron chi connectivity index (χ1n) is 10.1. The Morgan fingerprint density at radius 1 is 1.04 bits per heavy atom. The van der Waals surface area contributed by atoms with Crippen LogP contribution < -0.4 is 4.74 Å². The van der Waals surface area contributed by atoms with Gasteiger partial charge in [0.05, 0.1) is 13.2 Å². The lowest BCUT2D eigenvalue weighted by atomic mass is 9.89. The lowest BCUT2D eigenvalue weighted by Crippen LogP contribution is -2.46. The molecule has 2 saturated heterocycles. The van der Waals surface area contributed by atoms with Crippen LogP contribution in [-0.4, -0.2) is 48.5 Å². The lowest BCUT2D eigenvalue weighted by Gasteiger charge is -2.36. The van der Waals surface area contributed by atoms with Crippen LogP contribution in [-0.2, 0) is 11.3 Å². The lowest BCUT2D eigenvalue weighted by molar-refractivity contribution is -0.133. The first kappa shape index (κ1) is 19.3. The third kappa shape index (κ3) is 4.18. The number of methoxy groups -OCH3 is 1. The van der Waals surface area contributed by atoms with Crippen molar-refractivity contribution < 1.29 is 9.53 Å². The van der Waals surface area contributed by atoms with E-state index in [-0.39, 0.29) is 11.9 Å². The maximum atomic E-state index is 13.0. The number of amides is 1. The van der Waals surface area contributed by atoms with E-state index < -0.39 is 0 Å². The molecule has 0 saturated carbocycles. The number of nitrogens with zero attached hydrogens (tertiary/aromatic N) is 2. The molecular formula is C23H27ClN2O2. The highest BCUT2D eigenvalue weighted by atomic mass is 35.5. The number of ether oxygens (including phenoxy) is 1. The second-order valence-electron chi connectivity index (χ2n) is 7.80. The molecule has 2 aliphatic rings. The summed E-state index contributed by atoms with van der Waals surface area (Å²) in [6.45, 7) is 3.47. The monoisotopic (exact) mass is 398 g/mol. The van der Waals surface area contributed by atoms with E-state index in [9.17, 15) is 4.79 Å². The maximum Gasteiger partial charge on any atom is 0.240 e. The smallest absolute Gasteiger partial charge is 0.240 e. The van der Waals surface area contributed by atoms with E-state index in [2.05, 4.69) is 17.0 Å². The molecule has 4 nitrogen and oxygen atoms in total. The number of piperidine rings is 1. The zero-order valence-corrected chi connectivity index (χ0v) is 17.1. The van der Waals surface area contributed by atoms with Crippen LogP contribution in [0.15, 0.2) is 48.5 Å². The number of halogens is 1. The van der Waals surface area contributed by atoms with Crippen molar-refractivity contribution in [1.29, 1.82) is 0 Å². The summed E-state index contributed by atoms with van der Waals surface area (Å²) in [5.74, 6) is 1.64. The minimum atomic E-state index is 0.0216. The Morgan fingerprint density at radius 3 is 2.50 bits per heavy atom. The standard InChI is InChI=1S/C23H27ClN2O2/c1-28-21-10-6-18(7-11-21)19-3-2-13-25(16-19)22-12-14-26(23(22)27)15-17-4-8-20(24)9-5-17/h4-11,19,22H,2-3,12-16H2,1H3. The molecule has 2 aromatic rings. The summed E-state index contributed by atoms with van der Waals surface area (Å²) >= 11 is 5.97. The van der Waals surface area contributed by atoms with Crippen LogP contribution in [0.2, 0.25) is 5.02 Å². The van der Waals surface area contributed by atoms with Crippen molar-refractivity contribution in [3.8, 4) is 5.75 Å². The van der Waals surface area contributed by atoms with Crippen molar-refractivity contribution in [2.75, 3.05) is 26.7 Å². The van der Waals surface area contributed by atoms with E-state index in [0.29, 0.717) is 12.5 Å². The molecule has 5 heteroatoms. The van der Waals surface area contributed by atoms with Gasteiger partial charge in [0.1, 0.15) is 5.75 Å². The first-order valence-corrected chi connectivity index (χ1v) is 10.4. The molecule has 0 radical (unpaired) electrons. The van der Waals surface area contributed by atoms with E-state index >= 15 is 0 Å². The molecule has 2 heterocycles. The van der Waals surface area contributed by atoms with Gasteiger partial charge >= 0.3 is 0 Å². The Morgan fingerprint density at radius 2 is 1.79 bits per heavy atom. The Hall–Kier alpha value is -2.04. The SMILES string of the molecule is COc1ccc(C2CCCN(C3CCN(Cc4ccc(Cl)cc4)C3=O)C2)cc1. The molecule has 2 fully saturated rings. The number of hydrogen-bond acceptors (Lipinski definition) is 3. The van der Waals surface area contributed by atoms with Gasteiger partial charge in [-0.05, 0) is 67.1 Å². The molecule has 0 aromatic heterocycles. The Balaban J connectivity index is 1.39. The van der Waals surface area contributed by atoms with Gasteiger partial charge < -0.3 is 9.64 Å². The maximum absolute atomic E-state index is 13.0. The number of carbonyl (C=O) groups excluding carboxylic acids is 1. The summed E-state index contributed by atoms with van der Waals surface area (Å²) in [4.78, 5) is 17.4. The average molecular weight is 399 g/mol. The molecule has 2 atom stereocenters. The van der Waals surface area contributed by atoms with Gasteiger partial charge in [-0.15, -0.1) is 0 Å². The zero-order chi connectivity index (χ0) is 19.5. The number of rotatable bonds is 5. The van der Waals surface area contributed by atoms with Gasteiger partial charge in [0.2, 0.25) is 5.91 Å². The summed E-state index contributed by atoms with van der Waals surface area (Å²) in [5.41, 5.74) is 2.47. The Labute approximate surface area is 172 Å². The Bertz CT molecular complexity index is 806. The molecule has 0 aliphatic carbocycles. The van der Waals surface area contributed by atoms with Gasteiger partial charge in [0.15, 0.2) is 0 Å². The molecule has 0 bridgehead atoms. The summed E-state index contributed by atoms with van der Waals surface area (Å²) in [5, 5.41) is 0.729. The van der Waals surface area contributed by atoms with Crippen molar-refractivity contribution in [3.05, 3.63) is 64.7 Å². The van der Waals surface area contributed by atoms with Gasteiger partial charge in [-0.3, -0.25) is 9.69 Å². The number of hydrogen-bond donors (Lipinski definition) is 0. The van der Waals surface area contributed by atoms with Crippen LogP contribution in [0.5, 0.6) is 5.75 Å². The average Bonchev–Trinajstić information content (AvgIpc) is 3.10. The van der Waals surface area contributed by atoms with Crippen LogP contribution in [0.3, 0.4) is 0 Å². The number of carbonyl (C=O) groups is 1. The van der Waals surface area contributed by atoms with Crippen molar-refractivity contribution in [2.45, 2.75) is 37.8 Å². The quantitative estimate of drug-likeness (QED) is 0.751. The van der Waals surface area contributed by atoms with Crippen molar-refractivity contribution in [1.82, 2.24) is 9.80 Å².